The van der Waals surface area contributed by atoms with Gasteiger partial charge in [-0.25, -0.2) is 9.89 Å². The molecule has 1 fully saturated rings. The highest BCUT2D eigenvalue weighted by Gasteiger charge is 2.38. The molecule has 21 heavy (non-hydrogen) atoms. The van der Waals surface area contributed by atoms with Gasteiger partial charge < -0.3 is 0 Å². The van der Waals surface area contributed by atoms with E-state index < -0.39 is 0 Å². The van der Waals surface area contributed by atoms with Gasteiger partial charge in [0.05, 0.1) is 0 Å². The maximum Gasteiger partial charge on any atom is 0.344 e. The van der Waals surface area contributed by atoms with Crippen LogP contribution in [0.1, 0.15) is 24.4 Å². The number of benzene rings is 1. The molecule has 1 saturated carbocycles. The third-order valence-electron chi connectivity index (χ3n) is 4.46. The van der Waals surface area contributed by atoms with Crippen LogP contribution >= 0.6 is 11.8 Å². The lowest BCUT2D eigenvalue weighted by atomic mass is 10.0. The molecule has 2 aliphatic rings. The number of nitrogens with zero attached hydrogens (tertiary/aromatic N) is 2. The summed E-state index contributed by atoms with van der Waals surface area (Å²) in [6, 6.07) is 10.6. The number of aromatic nitrogens is 3. The predicted molar refractivity (Wildman–Crippen MR) is 83.2 cm³/mol. The number of aromatic amines is 1. The molecular weight excluding hydrogens is 282 g/mol. The summed E-state index contributed by atoms with van der Waals surface area (Å²) < 4.78 is 1.88. The Kier molecular flexibility index (Phi) is 3.22. The van der Waals surface area contributed by atoms with E-state index in [1.807, 2.05) is 22.8 Å². The van der Waals surface area contributed by atoms with Crippen molar-refractivity contribution in [2.45, 2.75) is 29.8 Å². The van der Waals surface area contributed by atoms with Crippen molar-refractivity contribution in [2.75, 3.05) is 0 Å². The predicted octanol–water partition coefficient (Wildman–Crippen LogP) is 3.00. The quantitative estimate of drug-likeness (QED) is 0.697. The van der Waals surface area contributed by atoms with Gasteiger partial charge in [0.25, 0.3) is 0 Å². The molecule has 2 bridgehead atoms. The zero-order chi connectivity index (χ0) is 14.2. The van der Waals surface area contributed by atoms with Crippen LogP contribution in [0.3, 0.4) is 0 Å². The van der Waals surface area contributed by atoms with E-state index in [-0.39, 0.29) is 11.7 Å². The molecule has 4 nitrogen and oxygen atoms in total. The van der Waals surface area contributed by atoms with Crippen molar-refractivity contribution < 1.29 is 0 Å². The molecule has 0 amide bonds. The number of allylic oxidation sites excluding steroid dienone is 2. The fourth-order valence-corrected chi connectivity index (χ4v) is 4.41. The Morgan fingerprint density at radius 1 is 1.24 bits per heavy atom. The van der Waals surface area contributed by atoms with E-state index in [1.54, 1.807) is 11.8 Å². The molecular formula is C16H17N3OS. The van der Waals surface area contributed by atoms with Crippen LogP contribution in [0.5, 0.6) is 0 Å². The topological polar surface area (TPSA) is 50.7 Å². The Morgan fingerprint density at radius 3 is 2.81 bits per heavy atom. The number of thioether (sulfide) groups is 1. The summed E-state index contributed by atoms with van der Waals surface area (Å²) in [4.78, 5) is 12.1. The van der Waals surface area contributed by atoms with Crippen molar-refractivity contribution in [1.29, 1.82) is 0 Å². The third-order valence-corrected chi connectivity index (χ3v) is 5.48. The van der Waals surface area contributed by atoms with Crippen molar-refractivity contribution in [2.24, 2.45) is 11.8 Å². The zero-order valence-electron chi connectivity index (χ0n) is 11.6. The minimum Gasteiger partial charge on any atom is -0.266 e. The summed E-state index contributed by atoms with van der Waals surface area (Å²) in [5.74, 6) is 1.98. The van der Waals surface area contributed by atoms with Gasteiger partial charge in [-0.15, -0.1) is 5.10 Å². The summed E-state index contributed by atoms with van der Waals surface area (Å²) in [7, 11) is 0. The number of fused-ring (bicyclic) bond motifs is 2. The van der Waals surface area contributed by atoms with Gasteiger partial charge in [0, 0.05) is 11.8 Å². The summed E-state index contributed by atoms with van der Waals surface area (Å²) >= 11 is 1.63. The Morgan fingerprint density at radius 2 is 2.10 bits per heavy atom. The zero-order valence-corrected chi connectivity index (χ0v) is 12.4. The molecule has 1 heterocycles. The van der Waals surface area contributed by atoms with Gasteiger partial charge in [-0.2, -0.15) is 0 Å². The van der Waals surface area contributed by atoms with Gasteiger partial charge in [-0.1, -0.05) is 54.2 Å². The van der Waals surface area contributed by atoms with Crippen LogP contribution in [0.15, 0.2) is 52.4 Å². The lowest BCUT2D eigenvalue weighted by molar-refractivity contribution is 0.396. The minimum absolute atomic E-state index is 0.0727. The van der Waals surface area contributed by atoms with Crippen LogP contribution in [-0.4, -0.2) is 14.8 Å². The van der Waals surface area contributed by atoms with Crippen LogP contribution in [0, 0.1) is 11.8 Å². The first-order chi connectivity index (χ1) is 10.3. The highest BCUT2D eigenvalue weighted by atomic mass is 32.2. The van der Waals surface area contributed by atoms with Gasteiger partial charge in [-0.05, 0) is 30.2 Å². The number of nitrogens with one attached hydrogen (secondary N) is 1. The van der Waals surface area contributed by atoms with Crippen molar-refractivity contribution >= 4 is 11.8 Å². The van der Waals surface area contributed by atoms with Gasteiger partial charge in [-0.3, -0.25) is 4.57 Å². The average molecular weight is 299 g/mol. The molecule has 2 aromatic rings. The van der Waals surface area contributed by atoms with E-state index in [9.17, 15) is 4.79 Å². The van der Waals surface area contributed by atoms with Crippen LogP contribution in [0.25, 0.3) is 0 Å². The molecule has 1 N–H and O–H groups in total. The smallest absolute Gasteiger partial charge is 0.266 e. The van der Waals surface area contributed by atoms with Crippen LogP contribution in [0.4, 0.5) is 0 Å². The Balaban J connectivity index is 1.57. The maximum absolute atomic E-state index is 12.1. The lowest BCUT2D eigenvalue weighted by Crippen LogP contribution is -2.25. The van der Waals surface area contributed by atoms with Crippen LogP contribution in [-0.2, 0) is 5.75 Å². The molecule has 4 rings (SSSR count). The average Bonchev–Trinajstić information content (AvgIpc) is 3.21. The number of hydrogen-bond donors (Lipinski definition) is 1. The normalized spacial score (nSPS) is 26.6. The van der Waals surface area contributed by atoms with Crippen LogP contribution in [0.2, 0.25) is 0 Å². The highest BCUT2D eigenvalue weighted by Crippen LogP contribution is 2.46. The van der Waals surface area contributed by atoms with E-state index in [0.29, 0.717) is 11.8 Å². The van der Waals surface area contributed by atoms with E-state index in [1.165, 1.54) is 12.0 Å². The highest BCUT2D eigenvalue weighted by molar-refractivity contribution is 7.98. The first-order valence-electron chi connectivity index (χ1n) is 7.33. The standard InChI is InChI=1S/C16H17N3OS/c20-15-17-18-16(21-10-11-4-2-1-3-5-11)19(15)14-9-12-6-7-13(14)8-12/h1-7,12-14H,8-10H2,(H,17,20)/t12-,13-,14+/m1/s1. The lowest BCUT2D eigenvalue weighted by Gasteiger charge is -2.20. The van der Waals surface area contributed by atoms with Crippen molar-refractivity contribution in [3.8, 4) is 0 Å². The summed E-state index contributed by atoms with van der Waals surface area (Å²) in [5.41, 5.74) is 1.17. The van der Waals surface area contributed by atoms with E-state index >= 15 is 0 Å². The monoisotopic (exact) mass is 299 g/mol. The van der Waals surface area contributed by atoms with Gasteiger partial charge >= 0.3 is 5.69 Å². The van der Waals surface area contributed by atoms with Crippen molar-refractivity contribution in [3.05, 3.63) is 58.5 Å². The Hall–Kier alpha value is -1.75. The van der Waals surface area contributed by atoms with Gasteiger partial charge in [0.2, 0.25) is 0 Å². The molecule has 1 aromatic carbocycles. The number of H-pyrrole nitrogens is 1. The molecule has 3 atom stereocenters. The SMILES string of the molecule is O=c1[nH]nc(SCc2ccccc2)n1[C@H]1C[C@@H]2C=C[C@@H]1C2. The maximum atomic E-state index is 12.1. The summed E-state index contributed by atoms with van der Waals surface area (Å²) in [5, 5.41) is 7.66. The van der Waals surface area contributed by atoms with Crippen LogP contribution < -0.4 is 5.69 Å². The summed E-state index contributed by atoms with van der Waals surface area (Å²) in [6.45, 7) is 0. The van der Waals surface area contributed by atoms with E-state index in [4.69, 9.17) is 0 Å². The van der Waals surface area contributed by atoms with Gasteiger partial charge in [0.15, 0.2) is 5.16 Å². The van der Waals surface area contributed by atoms with E-state index in [2.05, 4.69) is 34.5 Å². The molecule has 108 valence electrons. The largest absolute Gasteiger partial charge is 0.344 e. The van der Waals surface area contributed by atoms with E-state index in [0.717, 1.165) is 17.3 Å². The minimum atomic E-state index is -0.0727. The second-order valence-electron chi connectivity index (χ2n) is 5.80. The van der Waals surface area contributed by atoms with Crippen molar-refractivity contribution in [1.82, 2.24) is 14.8 Å². The first-order valence-corrected chi connectivity index (χ1v) is 8.32. The molecule has 0 unspecified atom stereocenters. The van der Waals surface area contributed by atoms with Gasteiger partial charge in [0.1, 0.15) is 0 Å². The molecule has 0 aliphatic heterocycles. The summed E-state index contributed by atoms with van der Waals surface area (Å²) in [6.07, 6.45) is 6.82. The second kappa shape index (κ2) is 5.22. The first kappa shape index (κ1) is 13.0. The molecule has 0 spiro atoms. The second-order valence-corrected chi connectivity index (χ2v) is 6.75. The Bertz CT molecular complexity index is 719. The van der Waals surface area contributed by atoms with Crippen molar-refractivity contribution in [3.63, 3.8) is 0 Å². The number of rotatable bonds is 4. The molecule has 5 heteroatoms. The Labute approximate surface area is 127 Å². The molecule has 1 aromatic heterocycles. The third kappa shape index (κ3) is 2.35. The molecule has 0 saturated heterocycles. The fraction of sp³-hybridized carbons (Fsp3) is 0.375. The molecule has 2 aliphatic carbocycles. The molecule has 0 radical (unpaired) electrons. The fourth-order valence-electron chi connectivity index (χ4n) is 3.46. The number of hydrogen-bond acceptors (Lipinski definition) is 3.